The van der Waals surface area contributed by atoms with Gasteiger partial charge in [0.2, 0.25) is 6.79 Å². The van der Waals surface area contributed by atoms with E-state index in [1.54, 1.807) is 11.4 Å². The summed E-state index contributed by atoms with van der Waals surface area (Å²) in [6, 6.07) is 6.83. The van der Waals surface area contributed by atoms with Crippen molar-refractivity contribution < 1.29 is 32.5 Å². The Kier molecular flexibility index (Phi) is 5.85. The first-order chi connectivity index (χ1) is 16.3. The number of fused-ring (bicyclic) bond motifs is 2. The van der Waals surface area contributed by atoms with Gasteiger partial charge in [0.15, 0.2) is 11.5 Å². The summed E-state index contributed by atoms with van der Waals surface area (Å²) in [5.41, 5.74) is -1.25. The van der Waals surface area contributed by atoms with Crippen LogP contribution in [0, 0.1) is 5.92 Å². The predicted molar refractivity (Wildman–Crippen MR) is 118 cm³/mol. The molecule has 0 amide bonds. The van der Waals surface area contributed by atoms with E-state index >= 15 is 0 Å². The van der Waals surface area contributed by atoms with Crippen LogP contribution in [0.1, 0.15) is 30.7 Å². The number of rotatable bonds is 6. The number of thiophene rings is 1. The van der Waals surface area contributed by atoms with Crippen molar-refractivity contribution in [1.29, 1.82) is 0 Å². The first-order valence-electron chi connectivity index (χ1n) is 10.9. The third-order valence-electron chi connectivity index (χ3n) is 6.67. The molecule has 34 heavy (non-hydrogen) atoms. The lowest BCUT2D eigenvalue weighted by Gasteiger charge is -2.43. The Balaban J connectivity index is 1.33. The standard InChI is InChI=1S/C23H22F3N3O4S/c24-23(25,26)18-10-15(27-7-4-13-1-2-16-17(9-13)33-12-32-16)3-6-22(18,21(30)31)20-28-11-14-5-8-34-19(14)29-20/h1-2,5,8-9,11,15,18,27H,3-4,6-7,10,12H2,(H,30,31). The monoisotopic (exact) mass is 493 g/mol. The van der Waals surface area contributed by atoms with Crippen LogP contribution in [0.25, 0.3) is 10.2 Å². The second-order valence-electron chi connectivity index (χ2n) is 8.61. The van der Waals surface area contributed by atoms with Crippen molar-refractivity contribution in [2.24, 2.45) is 5.92 Å². The zero-order chi connectivity index (χ0) is 23.9. The molecule has 11 heteroatoms. The predicted octanol–water partition coefficient (Wildman–Crippen LogP) is 4.31. The average molecular weight is 494 g/mol. The highest BCUT2D eigenvalue weighted by Crippen LogP contribution is 2.50. The van der Waals surface area contributed by atoms with Crippen LogP contribution in [0.3, 0.4) is 0 Å². The number of nitrogens with zero attached hydrogens (tertiary/aromatic N) is 2. The highest BCUT2D eigenvalue weighted by Gasteiger charge is 2.62. The number of aliphatic carboxylic acids is 1. The molecular formula is C23H22F3N3O4S. The Morgan fingerprint density at radius 1 is 1.26 bits per heavy atom. The zero-order valence-corrected chi connectivity index (χ0v) is 18.8. The summed E-state index contributed by atoms with van der Waals surface area (Å²) >= 11 is 1.25. The van der Waals surface area contributed by atoms with Crippen LogP contribution in [-0.2, 0) is 16.6 Å². The molecule has 7 nitrogen and oxygen atoms in total. The van der Waals surface area contributed by atoms with E-state index in [0.717, 1.165) is 5.56 Å². The van der Waals surface area contributed by atoms with Crippen molar-refractivity contribution in [1.82, 2.24) is 15.3 Å². The lowest BCUT2D eigenvalue weighted by molar-refractivity contribution is -0.212. The van der Waals surface area contributed by atoms with Gasteiger partial charge in [-0.25, -0.2) is 9.97 Å². The molecule has 1 aliphatic carbocycles. The van der Waals surface area contributed by atoms with E-state index in [-0.39, 0.29) is 31.9 Å². The van der Waals surface area contributed by atoms with E-state index in [4.69, 9.17) is 9.47 Å². The van der Waals surface area contributed by atoms with E-state index in [9.17, 15) is 23.1 Å². The van der Waals surface area contributed by atoms with Gasteiger partial charge in [0, 0.05) is 17.6 Å². The lowest BCUT2D eigenvalue weighted by atomic mass is 9.63. The Bertz CT molecular complexity index is 1220. The molecule has 1 fully saturated rings. The summed E-state index contributed by atoms with van der Waals surface area (Å²) in [5, 5.41) is 15.7. The normalized spacial score (nSPS) is 24.4. The molecule has 0 saturated heterocycles. The Morgan fingerprint density at radius 3 is 2.88 bits per heavy atom. The molecule has 180 valence electrons. The second-order valence-corrected chi connectivity index (χ2v) is 9.50. The molecule has 0 radical (unpaired) electrons. The fourth-order valence-electron chi connectivity index (χ4n) is 4.89. The average Bonchev–Trinajstić information content (AvgIpc) is 3.46. The summed E-state index contributed by atoms with van der Waals surface area (Å²) < 4.78 is 53.4. The number of carboxylic acids is 1. The molecule has 0 spiro atoms. The number of carboxylic acid groups (broad SMARTS) is 1. The maximum atomic E-state index is 14.3. The molecule has 1 saturated carbocycles. The van der Waals surface area contributed by atoms with E-state index in [1.165, 1.54) is 17.5 Å². The molecule has 5 rings (SSSR count). The molecule has 2 aliphatic rings. The molecule has 2 N–H and O–H groups in total. The third kappa shape index (κ3) is 4.07. The molecule has 2 aromatic heterocycles. The molecule has 3 heterocycles. The fraction of sp³-hybridized carbons (Fsp3) is 0.435. The summed E-state index contributed by atoms with van der Waals surface area (Å²) in [4.78, 5) is 21.2. The van der Waals surface area contributed by atoms with Crippen LogP contribution in [0.5, 0.6) is 11.5 Å². The summed E-state index contributed by atoms with van der Waals surface area (Å²) in [6.45, 7) is 0.624. The SMILES string of the molecule is O=C(O)C1(c2ncc3ccsc3n2)CCC(NCCc2ccc3c(c2)OCO3)CC1C(F)(F)F. The number of hydrogen-bond donors (Lipinski definition) is 2. The second kappa shape index (κ2) is 8.70. The van der Waals surface area contributed by atoms with Gasteiger partial charge in [0.1, 0.15) is 16.1 Å². The summed E-state index contributed by atoms with van der Waals surface area (Å²) in [6.07, 6.45) is -3.02. The number of hydrogen-bond acceptors (Lipinski definition) is 7. The molecule has 3 atom stereocenters. The molecule has 0 bridgehead atoms. The first kappa shape index (κ1) is 22.9. The van der Waals surface area contributed by atoms with Gasteiger partial charge < -0.3 is 19.9 Å². The van der Waals surface area contributed by atoms with E-state index < -0.39 is 29.5 Å². The van der Waals surface area contributed by atoms with Gasteiger partial charge in [-0.2, -0.15) is 13.2 Å². The highest BCUT2D eigenvalue weighted by atomic mass is 32.1. The number of nitrogens with one attached hydrogen (secondary N) is 1. The molecule has 3 aromatic rings. The van der Waals surface area contributed by atoms with Gasteiger partial charge in [-0.05, 0) is 61.4 Å². The molecule has 1 aliphatic heterocycles. The smallest absolute Gasteiger partial charge is 0.393 e. The fourth-order valence-corrected chi connectivity index (χ4v) is 5.62. The minimum atomic E-state index is -4.72. The highest BCUT2D eigenvalue weighted by molar-refractivity contribution is 7.16. The van der Waals surface area contributed by atoms with Crippen LogP contribution < -0.4 is 14.8 Å². The van der Waals surface area contributed by atoms with Gasteiger partial charge in [-0.1, -0.05) is 6.07 Å². The minimum Gasteiger partial charge on any atom is -0.480 e. The Labute approximate surface area is 196 Å². The quantitative estimate of drug-likeness (QED) is 0.529. The number of carbonyl (C=O) groups is 1. The van der Waals surface area contributed by atoms with Crippen LogP contribution in [0.2, 0.25) is 0 Å². The number of ether oxygens (including phenoxy) is 2. The van der Waals surface area contributed by atoms with Crippen molar-refractivity contribution in [3.05, 3.63) is 47.2 Å². The van der Waals surface area contributed by atoms with Gasteiger partial charge >= 0.3 is 12.1 Å². The van der Waals surface area contributed by atoms with Crippen LogP contribution >= 0.6 is 11.3 Å². The van der Waals surface area contributed by atoms with Crippen molar-refractivity contribution in [2.75, 3.05) is 13.3 Å². The van der Waals surface area contributed by atoms with Crippen molar-refractivity contribution in [3.63, 3.8) is 0 Å². The van der Waals surface area contributed by atoms with Crippen molar-refractivity contribution in [3.8, 4) is 11.5 Å². The van der Waals surface area contributed by atoms with Gasteiger partial charge in [-0.3, -0.25) is 4.79 Å². The van der Waals surface area contributed by atoms with Gasteiger partial charge in [0.25, 0.3) is 0 Å². The van der Waals surface area contributed by atoms with Gasteiger partial charge in [-0.15, -0.1) is 11.3 Å². The summed E-state index contributed by atoms with van der Waals surface area (Å²) in [7, 11) is 0. The van der Waals surface area contributed by atoms with Crippen molar-refractivity contribution >= 4 is 27.5 Å². The number of aromatic nitrogens is 2. The van der Waals surface area contributed by atoms with Crippen LogP contribution in [0.4, 0.5) is 13.2 Å². The lowest BCUT2D eigenvalue weighted by Crippen LogP contribution is -2.56. The Morgan fingerprint density at radius 2 is 2.09 bits per heavy atom. The molecule has 3 unspecified atom stereocenters. The van der Waals surface area contributed by atoms with E-state index in [0.29, 0.717) is 34.7 Å². The maximum Gasteiger partial charge on any atom is 0.393 e. The zero-order valence-electron chi connectivity index (χ0n) is 18.0. The maximum absolute atomic E-state index is 14.3. The minimum absolute atomic E-state index is 0.173. The van der Waals surface area contributed by atoms with Crippen molar-refractivity contribution in [2.45, 2.75) is 43.3 Å². The summed E-state index contributed by atoms with van der Waals surface area (Å²) in [5.74, 6) is -2.58. The number of benzene rings is 1. The van der Waals surface area contributed by atoms with Crippen LogP contribution in [-0.4, -0.2) is 46.6 Å². The number of alkyl halides is 3. The van der Waals surface area contributed by atoms with Crippen LogP contribution in [0.15, 0.2) is 35.8 Å². The third-order valence-corrected chi connectivity index (χ3v) is 7.49. The first-order valence-corrected chi connectivity index (χ1v) is 11.8. The largest absolute Gasteiger partial charge is 0.480 e. The number of halogens is 3. The topological polar surface area (TPSA) is 93.6 Å². The van der Waals surface area contributed by atoms with E-state index in [1.807, 2.05) is 18.2 Å². The van der Waals surface area contributed by atoms with E-state index in [2.05, 4.69) is 15.3 Å². The molecule has 1 aromatic carbocycles. The molecular weight excluding hydrogens is 471 g/mol. The Hall–Kier alpha value is -2.92. The van der Waals surface area contributed by atoms with Gasteiger partial charge in [0.05, 0.1) is 5.92 Å².